The van der Waals surface area contributed by atoms with Gasteiger partial charge in [0.05, 0.1) is 6.61 Å². The van der Waals surface area contributed by atoms with Gasteiger partial charge in [-0.3, -0.25) is 0 Å². The van der Waals surface area contributed by atoms with Crippen LogP contribution in [0.15, 0.2) is 12.2 Å². The summed E-state index contributed by atoms with van der Waals surface area (Å²) in [5, 5.41) is 9.55. The monoisotopic (exact) mass is 172 g/mol. The summed E-state index contributed by atoms with van der Waals surface area (Å²) < 4.78 is 10.7. The first-order valence-corrected chi connectivity index (χ1v) is 4.07. The van der Waals surface area contributed by atoms with E-state index in [2.05, 4.69) is 6.58 Å². The van der Waals surface area contributed by atoms with Gasteiger partial charge in [-0.1, -0.05) is 6.58 Å². The Kier molecular flexibility index (Phi) is 2.56. The standard InChI is InChI=1S/C9H16O3/c1-6(2)8(10)7-5-11-9(3,4)12-7/h7-8,10H,1,5H2,2-4H3/t7-,8+/m0/s1. The van der Waals surface area contributed by atoms with E-state index in [1.165, 1.54) is 0 Å². The van der Waals surface area contributed by atoms with Crippen LogP contribution in [0.4, 0.5) is 0 Å². The molecule has 1 saturated heterocycles. The zero-order valence-corrected chi connectivity index (χ0v) is 7.83. The Hall–Kier alpha value is -0.380. The van der Waals surface area contributed by atoms with Crippen LogP contribution < -0.4 is 0 Å². The molecular formula is C9H16O3. The smallest absolute Gasteiger partial charge is 0.163 e. The molecule has 0 aromatic carbocycles. The maximum Gasteiger partial charge on any atom is 0.163 e. The van der Waals surface area contributed by atoms with E-state index in [1.807, 2.05) is 13.8 Å². The lowest BCUT2D eigenvalue weighted by atomic mass is 10.1. The molecule has 0 saturated carbocycles. The first kappa shape index (κ1) is 9.71. The Bertz CT molecular complexity index is 186. The third kappa shape index (κ3) is 2.06. The second-order valence-electron chi connectivity index (χ2n) is 3.66. The molecule has 0 aromatic heterocycles. The molecule has 0 aliphatic carbocycles. The van der Waals surface area contributed by atoms with Gasteiger partial charge in [0, 0.05) is 0 Å². The highest BCUT2D eigenvalue weighted by molar-refractivity contribution is 5.01. The molecule has 1 aliphatic heterocycles. The minimum atomic E-state index is -0.619. The van der Waals surface area contributed by atoms with E-state index in [9.17, 15) is 5.11 Å². The Labute approximate surface area is 73.0 Å². The van der Waals surface area contributed by atoms with Crippen molar-refractivity contribution in [1.82, 2.24) is 0 Å². The average Bonchev–Trinajstić information content (AvgIpc) is 2.28. The van der Waals surface area contributed by atoms with Gasteiger partial charge in [-0.25, -0.2) is 0 Å². The zero-order valence-electron chi connectivity index (χ0n) is 7.83. The summed E-state index contributed by atoms with van der Waals surface area (Å²) in [6, 6.07) is 0. The van der Waals surface area contributed by atoms with Gasteiger partial charge >= 0.3 is 0 Å². The van der Waals surface area contributed by atoms with Crippen molar-refractivity contribution >= 4 is 0 Å². The average molecular weight is 172 g/mol. The minimum Gasteiger partial charge on any atom is -0.386 e. The van der Waals surface area contributed by atoms with Crippen LogP contribution in [0.2, 0.25) is 0 Å². The second kappa shape index (κ2) is 3.17. The molecule has 1 fully saturated rings. The molecule has 1 rings (SSSR count). The summed E-state index contributed by atoms with van der Waals surface area (Å²) in [5.74, 6) is -0.568. The molecule has 0 bridgehead atoms. The molecule has 0 aromatic rings. The normalized spacial score (nSPS) is 30.2. The maximum atomic E-state index is 9.55. The summed E-state index contributed by atoms with van der Waals surface area (Å²) in [6.45, 7) is 9.53. The van der Waals surface area contributed by atoms with Crippen molar-refractivity contribution in [2.45, 2.75) is 38.8 Å². The fourth-order valence-electron chi connectivity index (χ4n) is 1.19. The van der Waals surface area contributed by atoms with Crippen molar-refractivity contribution in [3.05, 3.63) is 12.2 Å². The summed E-state index contributed by atoms with van der Waals surface area (Å²) in [7, 11) is 0. The molecule has 0 amide bonds. The van der Waals surface area contributed by atoms with Gasteiger partial charge in [0.15, 0.2) is 5.79 Å². The Balaban J connectivity index is 2.52. The van der Waals surface area contributed by atoms with Crippen LogP contribution in [0.3, 0.4) is 0 Å². The number of aliphatic hydroxyl groups excluding tert-OH is 1. The molecule has 12 heavy (non-hydrogen) atoms. The quantitative estimate of drug-likeness (QED) is 0.633. The molecule has 1 N–H and O–H groups in total. The number of ether oxygens (including phenoxy) is 2. The third-order valence-corrected chi connectivity index (χ3v) is 1.89. The van der Waals surface area contributed by atoms with Gasteiger partial charge in [0.1, 0.15) is 12.2 Å². The number of hydrogen-bond acceptors (Lipinski definition) is 3. The largest absolute Gasteiger partial charge is 0.386 e. The Morgan fingerprint density at radius 3 is 2.58 bits per heavy atom. The highest BCUT2D eigenvalue weighted by atomic mass is 16.7. The van der Waals surface area contributed by atoms with Crippen LogP contribution in [-0.4, -0.2) is 29.7 Å². The van der Waals surface area contributed by atoms with Gasteiger partial charge < -0.3 is 14.6 Å². The highest BCUT2D eigenvalue weighted by Crippen LogP contribution is 2.25. The van der Waals surface area contributed by atoms with Crippen LogP contribution in [0.1, 0.15) is 20.8 Å². The number of aliphatic hydroxyl groups is 1. The maximum absolute atomic E-state index is 9.55. The van der Waals surface area contributed by atoms with E-state index in [0.717, 1.165) is 0 Å². The van der Waals surface area contributed by atoms with E-state index < -0.39 is 11.9 Å². The summed E-state index contributed by atoms with van der Waals surface area (Å²) >= 11 is 0. The van der Waals surface area contributed by atoms with Gasteiger partial charge in [0.2, 0.25) is 0 Å². The van der Waals surface area contributed by atoms with Crippen molar-refractivity contribution in [1.29, 1.82) is 0 Å². The van der Waals surface area contributed by atoms with Crippen LogP contribution in [0.25, 0.3) is 0 Å². The Morgan fingerprint density at radius 2 is 2.25 bits per heavy atom. The predicted molar refractivity (Wildman–Crippen MR) is 45.7 cm³/mol. The molecule has 70 valence electrons. The van der Waals surface area contributed by atoms with Gasteiger partial charge in [-0.15, -0.1) is 0 Å². The van der Waals surface area contributed by atoms with Crippen molar-refractivity contribution in [3.63, 3.8) is 0 Å². The molecule has 0 unspecified atom stereocenters. The first-order valence-electron chi connectivity index (χ1n) is 4.07. The van der Waals surface area contributed by atoms with Gasteiger partial charge in [-0.2, -0.15) is 0 Å². The first-order chi connectivity index (χ1) is 5.42. The Morgan fingerprint density at radius 1 is 1.67 bits per heavy atom. The minimum absolute atomic E-state index is 0.266. The predicted octanol–water partition coefficient (Wildman–Crippen LogP) is 1.07. The lowest BCUT2D eigenvalue weighted by molar-refractivity contribution is -0.148. The van der Waals surface area contributed by atoms with Crippen molar-refractivity contribution < 1.29 is 14.6 Å². The molecule has 1 aliphatic rings. The van der Waals surface area contributed by atoms with Crippen LogP contribution >= 0.6 is 0 Å². The summed E-state index contributed by atoms with van der Waals surface area (Å²) in [5.41, 5.74) is 0.710. The molecule has 2 atom stereocenters. The van der Waals surface area contributed by atoms with Crippen LogP contribution in [0.5, 0.6) is 0 Å². The number of hydrogen-bond donors (Lipinski definition) is 1. The van der Waals surface area contributed by atoms with Gasteiger partial charge in [-0.05, 0) is 26.3 Å². The topological polar surface area (TPSA) is 38.7 Å². The molecule has 0 radical (unpaired) electrons. The van der Waals surface area contributed by atoms with Gasteiger partial charge in [0.25, 0.3) is 0 Å². The third-order valence-electron chi connectivity index (χ3n) is 1.89. The molecule has 3 heteroatoms. The highest BCUT2D eigenvalue weighted by Gasteiger charge is 2.36. The lowest BCUT2D eigenvalue weighted by Crippen LogP contribution is -2.31. The fourth-order valence-corrected chi connectivity index (χ4v) is 1.19. The fraction of sp³-hybridized carbons (Fsp3) is 0.778. The molecule has 1 heterocycles. The molecule has 3 nitrogen and oxygen atoms in total. The van der Waals surface area contributed by atoms with E-state index >= 15 is 0 Å². The summed E-state index contributed by atoms with van der Waals surface area (Å²) in [6.07, 6.45) is -0.885. The number of rotatable bonds is 2. The van der Waals surface area contributed by atoms with Crippen LogP contribution in [0, 0.1) is 0 Å². The van der Waals surface area contributed by atoms with E-state index in [1.54, 1.807) is 6.92 Å². The van der Waals surface area contributed by atoms with E-state index in [4.69, 9.17) is 9.47 Å². The summed E-state index contributed by atoms with van der Waals surface area (Å²) in [4.78, 5) is 0. The van der Waals surface area contributed by atoms with Crippen LogP contribution in [-0.2, 0) is 9.47 Å². The van der Waals surface area contributed by atoms with Crippen molar-refractivity contribution in [2.75, 3.05) is 6.61 Å². The van der Waals surface area contributed by atoms with Crippen molar-refractivity contribution in [3.8, 4) is 0 Å². The molecular weight excluding hydrogens is 156 g/mol. The zero-order chi connectivity index (χ0) is 9.35. The second-order valence-corrected chi connectivity index (χ2v) is 3.66. The SMILES string of the molecule is C=C(C)[C@@H](O)[C@@H]1COC(C)(C)O1. The lowest BCUT2D eigenvalue weighted by Gasteiger charge is -2.20. The van der Waals surface area contributed by atoms with E-state index in [0.29, 0.717) is 12.2 Å². The van der Waals surface area contributed by atoms with E-state index in [-0.39, 0.29) is 6.10 Å². The molecule has 0 spiro atoms. The van der Waals surface area contributed by atoms with Crippen molar-refractivity contribution in [2.24, 2.45) is 0 Å².